The summed E-state index contributed by atoms with van der Waals surface area (Å²) < 4.78 is 13.9. The van der Waals surface area contributed by atoms with Gasteiger partial charge in [0, 0.05) is 17.0 Å². The summed E-state index contributed by atoms with van der Waals surface area (Å²) in [7, 11) is 0. The van der Waals surface area contributed by atoms with E-state index in [-0.39, 0.29) is 24.5 Å². The van der Waals surface area contributed by atoms with Crippen LogP contribution in [0.25, 0.3) is 6.08 Å². The van der Waals surface area contributed by atoms with E-state index < -0.39 is 16.9 Å². The third-order valence-electron chi connectivity index (χ3n) is 6.12. The van der Waals surface area contributed by atoms with Gasteiger partial charge in [0.1, 0.15) is 18.4 Å². The number of ether oxygens (including phenoxy) is 2. The van der Waals surface area contributed by atoms with Gasteiger partial charge in [0.15, 0.2) is 4.80 Å². The second kappa shape index (κ2) is 11.7. The zero-order chi connectivity index (χ0) is 28.4. The SMILES string of the molecule is CCOC(=O)C1=C(C)N=c2s/c(=C\c3ccc(OCc4ccc([N+](=O)[O-])cc4)c(Br)c3)c(=O)n2[C@@H]1c1cccs1. The molecule has 40 heavy (non-hydrogen) atoms. The number of hydrogen-bond acceptors (Lipinski definition) is 9. The quantitative estimate of drug-likeness (QED) is 0.150. The standard InChI is InChI=1S/C28H22BrN3O6S2/c1-3-37-27(34)24-16(2)30-28-31(25(24)22-5-4-12-39-22)26(33)23(40-28)14-18-8-11-21(20(29)13-18)38-15-17-6-9-19(10-7-17)32(35)36/h4-14,25H,3,15H2,1-2H3/b23-14-/t25-/m1/s1. The van der Waals surface area contributed by atoms with E-state index >= 15 is 0 Å². The van der Waals surface area contributed by atoms with E-state index in [0.717, 1.165) is 16.0 Å². The van der Waals surface area contributed by atoms with E-state index in [4.69, 9.17) is 9.47 Å². The molecule has 0 bridgehead atoms. The summed E-state index contributed by atoms with van der Waals surface area (Å²) in [5.74, 6) is 0.106. The average molecular weight is 641 g/mol. The smallest absolute Gasteiger partial charge is 0.338 e. The van der Waals surface area contributed by atoms with E-state index in [1.165, 1.54) is 34.8 Å². The maximum atomic E-state index is 13.7. The van der Waals surface area contributed by atoms with Crippen molar-refractivity contribution in [3.05, 3.63) is 122 Å². The summed E-state index contributed by atoms with van der Waals surface area (Å²) in [4.78, 5) is 42.9. The van der Waals surface area contributed by atoms with Crippen molar-refractivity contribution in [2.24, 2.45) is 4.99 Å². The van der Waals surface area contributed by atoms with Gasteiger partial charge in [-0.2, -0.15) is 0 Å². The fraction of sp³-hybridized carbons (Fsp3) is 0.179. The molecule has 12 heteroatoms. The lowest BCUT2D eigenvalue weighted by Gasteiger charge is -2.23. The Morgan fingerprint density at radius 3 is 2.65 bits per heavy atom. The number of thiazole rings is 1. The fourth-order valence-electron chi connectivity index (χ4n) is 4.26. The van der Waals surface area contributed by atoms with E-state index in [1.807, 2.05) is 29.6 Å². The number of halogens is 1. The van der Waals surface area contributed by atoms with Crippen LogP contribution >= 0.6 is 38.6 Å². The first-order chi connectivity index (χ1) is 19.3. The van der Waals surface area contributed by atoms with Crippen LogP contribution in [0.15, 0.2) is 85.5 Å². The number of esters is 1. The molecule has 2 aromatic heterocycles. The molecule has 5 rings (SSSR count). The van der Waals surface area contributed by atoms with E-state index in [2.05, 4.69) is 20.9 Å². The molecule has 0 spiro atoms. The molecule has 0 aliphatic carbocycles. The van der Waals surface area contributed by atoms with Gasteiger partial charge in [-0.25, -0.2) is 9.79 Å². The van der Waals surface area contributed by atoms with Crippen LogP contribution in [-0.4, -0.2) is 22.1 Å². The van der Waals surface area contributed by atoms with Gasteiger partial charge in [-0.3, -0.25) is 19.5 Å². The normalized spacial score (nSPS) is 15.0. The molecule has 9 nitrogen and oxygen atoms in total. The van der Waals surface area contributed by atoms with Gasteiger partial charge in [0.25, 0.3) is 11.2 Å². The van der Waals surface area contributed by atoms with Crippen LogP contribution in [0.1, 0.15) is 35.9 Å². The van der Waals surface area contributed by atoms with Crippen molar-refractivity contribution in [1.29, 1.82) is 0 Å². The molecule has 1 atom stereocenters. The number of rotatable bonds is 8. The number of nitrogens with zero attached hydrogens (tertiary/aromatic N) is 3. The van der Waals surface area contributed by atoms with E-state index in [9.17, 15) is 19.7 Å². The van der Waals surface area contributed by atoms with Crippen LogP contribution in [0, 0.1) is 10.1 Å². The van der Waals surface area contributed by atoms with E-state index in [0.29, 0.717) is 30.8 Å². The number of nitro benzene ring substituents is 1. The Hall–Kier alpha value is -3.87. The molecule has 0 amide bonds. The summed E-state index contributed by atoms with van der Waals surface area (Å²) in [6, 6.07) is 14.8. The Kier molecular flexibility index (Phi) is 8.10. The fourth-order valence-corrected chi connectivity index (χ4v) is 6.64. The number of hydrogen-bond donors (Lipinski definition) is 0. The van der Waals surface area contributed by atoms with Gasteiger partial charge in [0.2, 0.25) is 0 Å². The topological polar surface area (TPSA) is 113 Å². The highest BCUT2D eigenvalue weighted by molar-refractivity contribution is 9.10. The summed E-state index contributed by atoms with van der Waals surface area (Å²) >= 11 is 6.26. The first-order valence-electron chi connectivity index (χ1n) is 12.2. The molecule has 4 aromatic rings. The molecule has 1 aliphatic heterocycles. The molecule has 0 saturated heterocycles. The molecule has 0 N–H and O–H groups in total. The number of fused-ring (bicyclic) bond motifs is 1. The average Bonchev–Trinajstić information content (AvgIpc) is 3.56. The van der Waals surface area contributed by atoms with Crippen LogP contribution in [0.5, 0.6) is 5.75 Å². The minimum atomic E-state index is -0.612. The number of thiophene rings is 1. The Bertz CT molecular complexity index is 1810. The van der Waals surface area contributed by atoms with Crippen LogP contribution in [0.3, 0.4) is 0 Å². The number of allylic oxidation sites excluding steroid dienone is 1. The molecular weight excluding hydrogens is 618 g/mol. The van der Waals surface area contributed by atoms with Crippen molar-refractivity contribution in [2.75, 3.05) is 6.61 Å². The van der Waals surface area contributed by atoms with Crippen molar-refractivity contribution in [1.82, 2.24) is 4.57 Å². The summed E-state index contributed by atoms with van der Waals surface area (Å²) in [5.41, 5.74) is 2.23. The Morgan fingerprint density at radius 1 is 1.23 bits per heavy atom. The summed E-state index contributed by atoms with van der Waals surface area (Å²) in [6.07, 6.45) is 1.78. The summed E-state index contributed by atoms with van der Waals surface area (Å²) in [6.45, 7) is 3.96. The lowest BCUT2D eigenvalue weighted by molar-refractivity contribution is -0.384. The Morgan fingerprint density at radius 2 is 2.00 bits per heavy atom. The molecule has 0 unspecified atom stereocenters. The van der Waals surface area contributed by atoms with Gasteiger partial charge >= 0.3 is 5.97 Å². The Balaban J connectivity index is 1.45. The second-order valence-corrected chi connectivity index (χ2v) is 11.6. The van der Waals surface area contributed by atoms with Crippen molar-refractivity contribution in [2.45, 2.75) is 26.5 Å². The van der Waals surface area contributed by atoms with Crippen molar-refractivity contribution < 1.29 is 19.2 Å². The minimum absolute atomic E-state index is 0.0218. The largest absolute Gasteiger partial charge is 0.488 e. The highest BCUT2D eigenvalue weighted by Gasteiger charge is 2.33. The van der Waals surface area contributed by atoms with Gasteiger partial charge in [0.05, 0.1) is 31.8 Å². The predicted octanol–water partition coefficient (Wildman–Crippen LogP) is 5.11. The van der Waals surface area contributed by atoms with E-state index in [1.54, 1.807) is 42.7 Å². The maximum absolute atomic E-state index is 13.7. The molecule has 0 radical (unpaired) electrons. The highest BCUT2D eigenvalue weighted by Crippen LogP contribution is 2.33. The number of nitro groups is 1. The first-order valence-corrected chi connectivity index (χ1v) is 14.6. The predicted molar refractivity (Wildman–Crippen MR) is 156 cm³/mol. The lowest BCUT2D eigenvalue weighted by atomic mass is 10.0. The molecule has 3 heterocycles. The monoisotopic (exact) mass is 639 g/mol. The molecule has 0 saturated carbocycles. The number of carbonyl (C=O) groups is 1. The van der Waals surface area contributed by atoms with Gasteiger partial charge < -0.3 is 9.47 Å². The molecule has 204 valence electrons. The molecule has 0 fully saturated rings. The molecular formula is C28H22BrN3O6S2. The van der Waals surface area contributed by atoms with Gasteiger partial charge in [-0.05, 0) is 82.7 Å². The second-order valence-electron chi connectivity index (χ2n) is 8.72. The number of benzene rings is 2. The Labute approximate surface area is 244 Å². The van der Waals surface area contributed by atoms with Crippen LogP contribution < -0.4 is 19.6 Å². The zero-order valence-corrected chi connectivity index (χ0v) is 24.5. The number of aromatic nitrogens is 1. The summed E-state index contributed by atoms with van der Waals surface area (Å²) in [5, 5.41) is 12.8. The van der Waals surface area contributed by atoms with Gasteiger partial charge in [-0.1, -0.05) is 23.5 Å². The van der Waals surface area contributed by atoms with Crippen molar-refractivity contribution in [3.63, 3.8) is 0 Å². The first kappa shape index (κ1) is 27.7. The zero-order valence-electron chi connectivity index (χ0n) is 21.3. The third kappa shape index (κ3) is 5.55. The molecule has 1 aliphatic rings. The van der Waals surface area contributed by atoms with Crippen LogP contribution in [-0.2, 0) is 16.1 Å². The molecule has 2 aromatic carbocycles. The van der Waals surface area contributed by atoms with Crippen LogP contribution in [0.2, 0.25) is 0 Å². The van der Waals surface area contributed by atoms with Crippen molar-refractivity contribution >= 4 is 56.3 Å². The maximum Gasteiger partial charge on any atom is 0.338 e. The lowest BCUT2D eigenvalue weighted by Crippen LogP contribution is -2.39. The van der Waals surface area contributed by atoms with Gasteiger partial charge in [-0.15, -0.1) is 11.3 Å². The highest BCUT2D eigenvalue weighted by atomic mass is 79.9. The minimum Gasteiger partial charge on any atom is -0.488 e. The van der Waals surface area contributed by atoms with Crippen LogP contribution in [0.4, 0.5) is 5.69 Å². The number of carbonyl (C=O) groups excluding carboxylic acids is 1. The number of non-ortho nitro benzene ring substituents is 1. The van der Waals surface area contributed by atoms with Crippen molar-refractivity contribution in [3.8, 4) is 5.75 Å². The third-order valence-corrected chi connectivity index (χ3v) is 8.65.